The van der Waals surface area contributed by atoms with E-state index in [1.165, 1.54) is 0 Å². The molecule has 0 atom stereocenters. The molecule has 0 saturated heterocycles. The van der Waals surface area contributed by atoms with E-state index in [0.717, 1.165) is 0 Å². The molecule has 0 amide bonds. The zero-order chi connectivity index (χ0) is 9.00. The number of rotatable bonds is 0. The van der Waals surface area contributed by atoms with E-state index < -0.39 is 14.5 Å². The summed E-state index contributed by atoms with van der Waals surface area (Å²) in [6, 6.07) is 0. The maximum Gasteiger partial charge on any atom is 2.00 e. The Labute approximate surface area is 93.8 Å². The second-order valence-electron chi connectivity index (χ2n) is 0.990. The van der Waals surface area contributed by atoms with Gasteiger partial charge >= 0.3 is 34.0 Å². The molecule has 4 nitrogen and oxygen atoms in total. The van der Waals surface area contributed by atoms with E-state index in [1.54, 1.807) is 0 Å². The largest absolute Gasteiger partial charge is 2.00 e. The summed E-state index contributed by atoms with van der Waals surface area (Å²) >= 11 is 0. The molecule has 0 spiro atoms. The molecule has 0 aromatic heterocycles. The van der Waals surface area contributed by atoms with Crippen molar-refractivity contribution in [3.05, 3.63) is 0 Å². The smallest absolute Gasteiger partial charge is 0.418 e. The maximum absolute atomic E-state index is 9.75. The fourth-order valence-electron chi connectivity index (χ4n) is 0. The molecule has 0 fully saturated rings. The van der Waals surface area contributed by atoms with Gasteiger partial charge in [0.25, 0.3) is 0 Å². The van der Waals surface area contributed by atoms with Gasteiger partial charge in [-0.1, -0.05) is 0 Å². The van der Waals surface area contributed by atoms with Gasteiger partial charge in [0.05, 0.1) is 0 Å². The summed E-state index contributed by atoms with van der Waals surface area (Å²) in [5.41, 5.74) is 0. The molecule has 0 heterocycles. The second kappa shape index (κ2) is 16.5. The van der Waals surface area contributed by atoms with Crippen LogP contribution in [0.3, 0.4) is 0 Å². The Morgan fingerprint density at radius 2 is 0.400 bits per heavy atom. The molecule has 12 N–H and O–H groups in total. The van der Waals surface area contributed by atoms with Crippen molar-refractivity contribution in [3.8, 4) is 0 Å². The summed E-state index contributed by atoms with van der Waals surface area (Å²) in [5, 5.41) is 0. The minimum Gasteiger partial charge on any atom is -0.418 e. The maximum atomic E-state index is 9.75. The Bertz CT molecular complexity index is 67.6. The van der Waals surface area contributed by atoms with Crippen molar-refractivity contribution in [1.29, 1.82) is 0 Å². The Kier molecular flexibility index (Phi) is 50.3. The zero-order valence-electron chi connectivity index (χ0n) is 7.71. The summed E-state index contributed by atoms with van der Waals surface area (Å²) in [6.45, 7) is 0. The van der Waals surface area contributed by atoms with Crippen LogP contribution < -0.4 is 24.6 Å². The van der Waals surface area contributed by atoms with E-state index in [2.05, 4.69) is 0 Å². The Balaban J connectivity index is -0.0000000128. The van der Waals surface area contributed by atoms with E-state index in [-0.39, 0.29) is 44.1 Å². The molecule has 0 saturated carbocycles. The fourth-order valence-corrected chi connectivity index (χ4v) is 0. The van der Waals surface area contributed by atoms with Crippen LogP contribution in [0.15, 0.2) is 0 Å². The van der Waals surface area contributed by atoms with Gasteiger partial charge in [-0.3, -0.25) is 0 Å². The first-order valence-electron chi connectivity index (χ1n) is 1.75. The SMILES string of the molecule is F[B-](F)(F)F.F[B-](F)(F)F.N.N.N.N.[Zn+2]. The average Bonchev–Trinajstić information content (AvgIpc) is 1.12. The minimum atomic E-state index is -6.00. The first-order valence-corrected chi connectivity index (χ1v) is 1.75. The van der Waals surface area contributed by atoms with E-state index in [1.807, 2.05) is 0 Å². The van der Waals surface area contributed by atoms with Gasteiger partial charge in [-0.15, -0.1) is 0 Å². The third-order valence-corrected chi connectivity index (χ3v) is 0. The van der Waals surface area contributed by atoms with Crippen molar-refractivity contribution in [3.63, 3.8) is 0 Å². The van der Waals surface area contributed by atoms with Crippen molar-refractivity contribution in [2.24, 2.45) is 0 Å². The van der Waals surface area contributed by atoms with Crippen molar-refractivity contribution >= 4 is 14.5 Å². The summed E-state index contributed by atoms with van der Waals surface area (Å²) in [4.78, 5) is 0. The molecule has 0 radical (unpaired) electrons. The molecule has 0 aliphatic heterocycles. The van der Waals surface area contributed by atoms with Crippen molar-refractivity contribution in [2.45, 2.75) is 0 Å². The summed E-state index contributed by atoms with van der Waals surface area (Å²) in [5.74, 6) is 0. The Hall–Kier alpha value is 0.0332. The van der Waals surface area contributed by atoms with Crippen LogP contribution in [0, 0.1) is 0 Å². The van der Waals surface area contributed by atoms with E-state index >= 15 is 0 Å². The predicted octanol–water partition coefficient (Wildman–Crippen LogP) is 3.25. The van der Waals surface area contributed by atoms with Crippen LogP contribution in [0.2, 0.25) is 0 Å². The molecule has 15 heavy (non-hydrogen) atoms. The van der Waals surface area contributed by atoms with Crippen molar-refractivity contribution < 1.29 is 54.0 Å². The first kappa shape index (κ1) is 45.9. The summed E-state index contributed by atoms with van der Waals surface area (Å²) in [7, 11) is -12.0. The molecule has 0 unspecified atom stereocenters. The molecular formula is H12B2F8N4Zn. The molecule has 0 aromatic rings. The van der Waals surface area contributed by atoms with Crippen LogP contribution in [0.25, 0.3) is 0 Å². The van der Waals surface area contributed by atoms with Crippen molar-refractivity contribution in [1.82, 2.24) is 24.6 Å². The molecular weight excluding hydrogens is 295 g/mol. The van der Waals surface area contributed by atoms with Crippen LogP contribution in [0.5, 0.6) is 0 Å². The van der Waals surface area contributed by atoms with Gasteiger partial charge in [0.2, 0.25) is 0 Å². The molecule has 96 valence electrons. The van der Waals surface area contributed by atoms with E-state index in [0.29, 0.717) is 0 Å². The van der Waals surface area contributed by atoms with Crippen LogP contribution in [-0.4, -0.2) is 14.5 Å². The van der Waals surface area contributed by atoms with Crippen LogP contribution in [-0.2, 0) is 19.5 Å². The zero-order valence-corrected chi connectivity index (χ0v) is 10.7. The van der Waals surface area contributed by atoms with Crippen LogP contribution in [0.1, 0.15) is 0 Å². The first-order chi connectivity index (χ1) is 4.00. The van der Waals surface area contributed by atoms with E-state index in [9.17, 15) is 34.5 Å². The fraction of sp³-hybridized carbons (Fsp3) is 0. The van der Waals surface area contributed by atoms with Gasteiger partial charge < -0.3 is 59.1 Å². The predicted molar refractivity (Wildman–Crippen MR) is 40.5 cm³/mol. The third kappa shape index (κ3) is 1840000. The standard InChI is InChI=1S/2BF4.4H3N.Zn/c2*2-1(3,4)5;;;;;/h;;4*1H3;/q2*-1;;;;;+2. The normalized spacial score (nSPS) is 8.00. The summed E-state index contributed by atoms with van der Waals surface area (Å²) in [6.07, 6.45) is 0. The van der Waals surface area contributed by atoms with E-state index in [4.69, 9.17) is 0 Å². The number of hydrogen-bond donors (Lipinski definition) is 4. The number of hydrogen-bond acceptors (Lipinski definition) is 4. The van der Waals surface area contributed by atoms with Crippen LogP contribution in [0.4, 0.5) is 34.5 Å². The monoisotopic (exact) mass is 306 g/mol. The van der Waals surface area contributed by atoms with Gasteiger partial charge in [0.15, 0.2) is 0 Å². The molecule has 0 rings (SSSR count). The Morgan fingerprint density at radius 3 is 0.400 bits per heavy atom. The number of halogens is 8. The topological polar surface area (TPSA) is 140 Å². The van der Waals surface area contributed by atoms with Gasteiger partial charge in [-0.05, 0) is 0 Å². The average molecular weight is 307 g/mol. The van der Waals surface area contributed by atoms with Gasteiger partial charge in [0.1, 0.15) is 0 Å². The quantitative estimate of drug-likeness (QED) is 0.402. The molecule has 15 heteroatoms. The van der Waals surface area contributed by atoms with Gasteiger partial charge in [-0.25, -0.2) is 0 Å². The van der Waals surface area contributed by atoms with Gasteiger partial charge in [0, 0.05) is 0 Å². The molecule has 0 bridgehead atoms. The second-order valence-corrected chi connectivity index (χ2v) is 0.990. The summed E-state index contributed by atoms with van der Waals surface area (Å²) < 4.78 is 78.0. The molecule has 0 aliphatic carbocycles. The molecule has 0 aliphatic rings. The van der Waals surface area contributed by atoms with Crippen molar-refractivity contribution in [2.75, 3.05) is 0 Å². The van der Waals surface area contributed by atoms with Crippen LogP contribution >= 0.6 is 0 Å². The minimum absolute atomic E-state index is 0. The third-order valence-electron chi connectivity index (χ3n) is 0. The van der Waals surface area contributed by atoms with Gasteiger partial charge in [-0.2, -0.15) is 0 Å². The Morgan fingerprint density at radius 1 is 0.400 bits per heavy atom. The molecule has 0 aromatic carbocycles.